The van der Waals surface area contributed by atoms with Crippen molar-refractivity contribution in [2.75, 3.05) is 5.32 Å². The molecule has 0 aromatic heterocycles. The lowest BCUT2D eigenvalue weighted by molar-refractivity contribution is -0.121. The number of rotatable bonds is 2. The predicted octanol–water partition coefficient (Wildman–Crippen LogP) is 2.16. The van der Waals surface area contributed by atoms with Crippen LogP contribution in [-0.2, 0) is 4.79 Å². The number of aliphatic hydroxyl groups is 1. The zero-order chi connectivity index (χ0) is 13.3. The normalized spacial score (nSPS) is 23.8. The average molecular weight is 246 g/mol. The number of aliphatic hydroxyl groups excluding tert-OH is 1. The summed E-state index contributed by atoms with van der Waals surface area (Å²) in [5, 5.41) is 13.1. The van der Waals surface area contributed by atoms with Gasteiger partial charge in [-0.3, -0.25) is 9.79 Å². The maximum atomic E-state index is 12.0. The van der Waals surface area contributed by atoms with Crippen molar-refractivity contribution >= 4 is 17.3 Å². The van der Waals surface area contributed by atoms with E-state index in [4.69, 9.17) is 0 Å². The lowest BCUT2D eigenvalue weighted by atomic mass is 9.87. The summed E-state index contributed by atoms with van der Waals surface area (Å²) in [5.74, 6) is -0.787. The van der Waals surface area contributed by atoms with Crippen molar-refractivity contribution < 1.29 is 9.90 Å². The number of para-hydroxylation sites is 1. The summed E-state index contributed by atoms with van der Waals surface area (Å²) in [4.78, 5) is 16.4. The summed E-state index contributed by atoms with van der Waals surface area (Å²) in [7, 11) is 0. The van der Waals surface area contributed by atoms with E-state index in [2.05, 4.69) is 10.3 Å². The Balaban J connectivity index is 2.38. The van der Waals surface area contributed by atoms with Crippen molar-refractivity contribution in [3.63, 3.8) is 0 Å². The van der Waals surface area contributed by atoms with Crippen molar-refractivity contribution in [1.29, 1.82) is 0 Å². The Hall–Kier alpha value is -1.68. The average Bonchev–Trinajstić information content (AvgIpc) is 2.27. The zero-order valence-corrected chi connectivity index (χ0v) is 10.8. The standard InChI is InChI=1S/C14H18N2O2/c1-8(2)15-9(3)12-13(17)10-6-4-5-7-11(10)16-14(12)18/h4-8,12-13,17H,1-3H3,(H,16,18). The molecule has 0 fully saturated rings. The Morgan fingerprint density at radius 1 is 1.39 bits per heavy atom. The summed E-state index contributed by atoms with van der Waals surface area (Å²) in [5.41, 5.74) is 2.11. The maximum Gasteiger partial charge on any atom is 0.236 e. The SMILES string of the molecule is CC(=NC(C)C)C1C(=O)Nc2ccccc2C1O. The summed E-state index contributed by atoms with van der Waals surface area (Å²) in [6.07, 6.45) is -0.822. The third-order valence-corrected chi connectivity index (χ3v) is 3.05. The highest BCUT2D eigenvalue weighted by atomic mass is 16.3. The first kappa shape index (κ1) is 12.8. The minimum absolute atomic E-state index is 0.113. The fourth-order valence-corrected chi connectivity index (χ4v) is 2.31. The molecule has 0 spiro atoms. The molecule has 2 N–H and O–H groups in total. The molecular weight excluding hydrogens is 228 g/mol. The second-order valence-corrected chi connectivity index (χ2v) is 4.86. The van der Waals surface area contributed by atoms with Gasteiger partial charge in [-0.1, -0.05) is 18.2 Å². The van der Waals surface area contributed by atoms with Crippen LogP contribution in [0.15, 0.2) is 29.3 Å². The van der Waals surface area contributed by atoms with Crippen molar-refractivity contribution in [3.8, 4) is 0 Å². The minimum atomic E-state index is -0.822. The highest BCUT2D eigenvalue weighted by molar-refractivity contribution is 6.11. The molecule has 1 heterocycles. The van der Waals surface area contributed by atoms with Gasteiger partial charge in [0.1, 0.15) is 5.92 Å². The van der Waals surface area contributed by atoms with Crippen LogP contribution in [0.2, 0.25) is 0 Å². The number of benzene rings is 1. The second kappa shape index (κ2) is 4.90. The van der Waals surface area contributed by atoms with E-state index in [1.54, 1.807) is 13.0 Å². The number of hydrogen-bond donors (Lipinski definition) is 2. The molecule has 0 aliphatic carbocycles. The number of carbonyl (C=O) groups excluding carboxylic acids is 1. The number of nitrogens with zero attached hydrogens (tertiary/aromatic N) is 1. The lowest BCUT2D eigenvalue weighted by Gasteiger charge is -2.29. The van der Waals surface area contributed by atoms with E-state index in [-0.39, 0.29) is 11.9 Å². The molecule has 1 aromatic rings. The van der Waals surface area contributed by atoms with Crippen molar-refractivity contribution in [2.45, 2.75) is 32.9 Å². The van der Waals surface area contributed by atoms with E-state index in [1.165, 1.54) is 0 Å². The highest BCUT2D eigenvalue weighted by Gasteiger charge is 2.36. The molecule has 1 aliphatic heterocycles. The first-order valence-corrected chi connectivity index (χ1v) is 6.13. The van der Waals surface area contributed by atoms with Gasteiger partial charge in [-0.05, 0) is 26.8 Å². The maximum absolute atomic E-state index is 12.0. The Bertz CT molecular complexity index is 494. The minimum Gasteiger partial charge on any atom is -0.387 e. The molecule has 18 heavy (non-hydrogen) atoms. The van der Waals surface area contributed by atoms with Gasteiger partial charge in [0.05, 0.1) is 6.10 Å². The van der Waals surface area contributed by atoms with Gasteiger partial charge < -0.3 is 10.4 Å². The van der Waals surface area contributed by atoms with Gasteiger partial charge in [-0.25, -0.2) is 0 Å². The van der Waals surface area contributed by atoms with E-state index in [1.807, 2.05) is 32.0 Å². The first-order valence-electron chi connectivity index (χ1n) is 6.13. The van der Waals surface area contributed by atoms with Crippen LogP contribution in [0.3, 0.4) is 0 Å². The number of anilines is 1. The van der Waals surface area contributed by atoms with Gasteiger partial charge in [0.15, 0.2) is 0 Å². The molecule has 1 aromatic carbocycles. The van der Waals surface area contributed by atoms with E-state index < -0.39 is 12.0 Å². The third-order valence-electron chi connectivity index (χ3n) is 3.05. The number of nitrogens with one attached hydrogen (secondary N) is 1. The summed E-state index contributed by atoms with van der Waals surface area (Å²) >= 11 is 0. The quantitative estimate of drug-likeness (QED) is 0.785. The zero-order valence-electron chi connectivity index (χ0n) is 10.8. The second-order valence-electron chi connectivity index (χ2n) is 4.86. The molecule has 0 saturated heterocycles. The van der Waals surface area contributed by atoms with E-state index in [0.29, 0.717) is 11.4 Å². The highest BCUT2D eigenvalue weighted by Crippen LogP contribution is 2.34. The van der Waals surface area contributed by atoms with Gasteiger partial charge in [0.25, 0.3) is 0 Å². The largest absolute Gasteiger partial charge is 0.387 e. The summed E-state index contributed by atoms with van der Waals surface area (Å²) in [6.45, 7) is 5.69. The van der Waals surface area contributed by atoms with Gasteiger partial charge in [0.2, 0.25) is 5.91 Å². The number of amides is 1. The summed E-state index contributed by atoms with van der Waals surface area (Å²) in [6, 6.07) is 7.42. The molecule has 0 radical (unpaired) electrons. The smallest absolute Gasteiger partial charge is 0.236 e. The molecule has 2 atom stereocenters. The van der Waals surface area contributed by atoms with Crippen LogP contribution in [0, 0.1) is 5.92 Å². The molecule has 4 nitrogen and oxygen atoms in total. The van der Waals surface area contributed by atoms with Gasteiger partial charge >= 0.3 is 0 Å². The number of carbonyl (C=O) groups is 1. The molecule has 1 aliphatic rings. The fraction of sp³-hybridized carbons (Fsp3) is 0.429. The Morgan fingerprint density at radius 3 is 2.72 bits per heavy atom. The third kappa shape index (κ3) is 2.29. The molecule has 0 bridgehead atoms. The number of fused-ring (bicyclic) bond motifs is 1. The Morgan fingerprint density at radius 2 is 2.06 bits per heavy atom. The van der Waals surface area contributed by atoms with Crippen LogP contribution in [0.4, 0.5) is 5.69 Å². The predicted molar refractivity (Wildman–Crippen MR) is 71.8 cm³/mol. The number of hydrogen-bond acceptors (Lipinski definition) is 3. The van der Waals surface area contributed by atoms with Crippen molar-refractivity contribution in [2.24, 2.45) is 10.9 Å². The Labute approximate surface area is 107 Å². The van der Waals surface area contributed by atoms with Crippen LogP contribution >= 0.6 is 0 Å². The molecule has 96 valence electrons. The van der Waals surface area contributed by atoms with Gasteiger partial charge in [0, 0.05) is 23.0 Å². The van der Waals surface area contributed by atoms with Crippen LogP contribution in [0.25, 0.3) is 0 Å². The van der Waals surface area contributed by atoms with Crippen LogP contribution in [-0.4, -0.2) is 22.8 Å². The molecular formula is C14H18N2O2. The molecule has 2 rings (SSSR count). The van der Waals surface area contributed by atoms with Crippen molar-refractivity contribution in [3.05, 3.63) is 29.8 Å². The molecule has 2 unspecified atom stereocenters. The van der Waals surface area contributed by atoms with Gasteiger partial charge in [-0.15, -0.1) is 0 Å². The molecule has 0 saturated carbocycles. The fourth-order valence-electron chi connectivity index (χ4n) is 2.31. The van der Waals surface area contributed by atoms with E-state index in [9.17, 15) is 9.90 Å². The van der Waals surface area contributed by atoms with Gasteiger partial charge in [-0.2, -0.15) is 0 Å². The number of aliphatic imine (C=N–C) groups is 1. The van der Waals surface area contributed by atoms with E-state index >= 15 is 0 Å². The summed E-state index contributed by atoms with van der Waals surface area (Å²) < 4.78 is 0. The molecule has 1 amide bonds. The topological polar surface area (TPSA) is 61.7 Å². The Kier molecular flexibility index (Phi) is 3.48. The van der Waals surface area contributed by atoms with E-state index in [0.717, 1.165) is 5.56 Å². The lowest BCUT2D eigenvalue weighted by Crippen LogP contribution is -2.38. The van der Waals surface area contributed by atoms with Crippen LogP contribution in [0.1, 0.15) is 32.4 Å². The van der Waals surface area contributed by atoms with Crippen LogP contribution < -0.4 is 5.32 Å². The van der Waals surface area contributed by atoms with Crippen molar-refractivity contribution in [1.82, 2.24) is 0 Å². The molecule has 4 heteroatoms. The van der Waals surface area contributed by atoms with Crippen LogP contribution in [0.5, 0.6) is 0 Å². The first-order chi connectivity index (χ1) is 8.50. The monoisotopic (exact) mass is 246 g/mol.